The maximum Gasteiger partial charge on any atom is 0.279 e. The van der Waals surface area contributed by atoms with E-state index in [1.165, 1.54) is 31.2 Å². The van der Waals surface area contributed by atoms with Gasteiger partial charge in [-0.1, -0.05) is 6.07 Å². The molecule has 0 aromatic heterocycles. The summed E-state index contributed by atoms with van der Waals surface area (Å²) in [5.74, 6) is -2.78. The zero-order valence-electron chi connectivity index (χ0n) is 12.7. The summed E-state index contributed by atoms with van der Waals surface area (Å²) in [6.07, 6.45) is 0. The molecule has 2 aromatic carbocycles. The van der Waals surface area contributed by atoms with Gasteiger partial charge in [0.2, 0.25) is 0 Å². The number of aryl methyl sites for hydroxylation is 1. The summed E-state index contributed by atoms with van der Waals surface area (Å²) in [5.41, 5.74) is -1.77. The first-order valence-electron chi connectivity index (χ1n) is 6.77. The molecule has 0 fully saturated rings. The second-order valence-electron chi connectivity index (χ2n) is 4.96. The first-order chi connectivity index (χ1) is 11.7. The number of nitro groups is 2. The third-order valence-electron chi connectivity index (χ3n) is 3.34. The third-order valence-corrected chi connectivity index (χ3v) is 3.34. The summed E-state index contributed by atoms with van der Waals surface area (Å²) in [4.78, 5) is 43.7. The number of rotatable bonds is 5. The fraction of sp³-hybridized carbons (Fsp3) is 0.0667. The van der Waals surface area contributed by atoms with Crippen molar-refractivity contribution in [2.24, 2.45) is 0 Å². The van der Waals surface area contributed by atoms with Gasteiger partial charge in [0.25, 0.3) is 17.3 Å². The molecule has 1 amide bonds. The van der Waals surface area contributed by atoms with E-state index < -0.39 is 38.5 Å². The van der Waals surface area contributed by atoms with Crippen LogP contribution in [0.3, 0.4) is 0 Å². The third kappa shape index (κ3) is 3.58. The number of nitro benzene ring substituents is 2. The molecule has 2 rings (SSSR count). The molecule has 0 atom stereocenters. The first kappa shape index (κ1) is 17.5. The predicted octanol–water partition coefficient (Wildman–Crippen LogP) is 1.43. The van der Waals surface area contributed by atoms with Crippen LogP contribution in [0.5, 0.6) is 0 Å². The molecule has 0 bridgehead atoms. The number of anilines is 1. The van der Waals surface area contributed by atoms with Crippen molar-refractivity contribution in [3.8, 4) is 0 Å². The summed E-state index contributed by atoms with van der Waals surface area (Å²) in [6, 6.07) is 6.98. The van der Waals surface area contributed by atoms with Crippen LogP contribution in [0.15, 0.2) is 36.4 Å². The quantitative estimate of drug-likeness (QED) is 0.635. The van der Waals surface area contributed by atoms with Gasteiger partial charge in [-0.3, -0.25) is 25.0 Å². The molecule has 0 aliphatic heterocycles. The van der Waals surface area contributed by atoms with Gasteiger partial charge in [0.05, 0.1) is 26.9 Å². The number of carboxylic acid groups (broad SMARTS) is 1. The SMILES string of the molecule is Cc1cc(NC(=O)c2cccc([N+](=O)[O-])c2C(=O)[O-])ccc1[N+](=O)[O-]. The van der Waals surface area contributed by atoms with Crippen molar-refractivity contribution in [2.75, 3.05) is 5.32 Å². The number of benzene rings is 2. The Bertz CT molecular complexity index is 908. The van der Waals surface area contributed by atoms with Crippen LogP contribution in [0.25, 0.3) is 0 Å². The Hall–Kier alpha value is -3.82. The number of nitrogens with zero attached hydrogens (tertiary/aromatic N) is 2. The van der Waals surface area contributed by atoms with E-state index >= 15 is 0 Å². The van der Waals surface area contributed by atoms with Crippen LogP contribution in [-0.2, 0) is 0 Å². The zero-order valence-corrected chi connectivity index (χ0v) is 12.7. The number of hydrogen-bond acceptors (Lipinski definition) is 7. The Kier molecular flexibility index (Phi) is 4.73. The summed E-state index contributed by atoms with van der Waals surface area (Å²) in [7, 11) is 0. The van der Waals surface area contributed by atoms with Gasteiger partial charge < -0.3 is 15.2 Å². The average molecular weight is 344 g/mol. The van der Waals surface area contributed by atoms with E-state index in [0.717, 1.165) is 12.1 Å². The Morgan fingerprint density at radius 3 is 2.16 bits per heavy atom. The van der Waals surface area contributed by atoms with Crippen molar-refractivity contribution in [1.82, 2.24) is 0 Å². The van der Waals surface area contributed by atoms with Gasteiger partial charge in [0.15, 0.2) is 0 Å². The Morgan fingerprint density at radius 1 is 1.00 bits per heavy atom. The van der Waals surface area contributed by atoms with Gasteiger partial charge in [0, 0.05) is 23.4 Å². The molecule has 0 aliphatic carbocycles. The summed E-state index contributed by atoms with van der Waals surface area (Å²) in [5, 5.41) is 35.3. The minimum atomic E-state index is -1.86. The molecule has 0 aliphatic rings. The normalized spacial score (nSPS) is 10.1. The smallest absolute Gasteiger partial charge is 0.279 e. The Labute approximate surface area is 140 Å². The van der Waals surface area contributed by atoms with Gasteiger partial charge in [-0.25, -0.2) is 0 Å². The van der Waals surface area contributed by atoms with Crippen LogP contribution < -0.4 is 10.4 Å². The van der Waals surface area contributed by atoms with Crippen molar-refractivity contribution in [3.63, 3.8) is 0 Å². The Morgan fingerprint density at radius 2 is 1.64 bits per heavy atom. The van der Waals surface area contributed by atoms with E-state index in [4.69, 9.17) is 0 Å². The predicted molar refractivity (Wildman–Crippen MR) is 83.2 cm³/mol. The lowest BCUT2D eigenvalue weighted by atomic mass is 10.0. The number of carboxylic acids is 1. The number of nitrogens with one attached hydrogen (secondary N) is 1. The number of hydrogen-bond donors (Lipinski definition) is 1. The van der Waals surface area contributed by atoms with Crippen molar-refractivity contribution in [1.29, 1.82) is 0 Å². The summed E-state index contributed by atoms with van der Waals surface area (Å²) >= 11 is 0. The number of amides is 1. The van der Waals surface area contributed by atoms with Crippen LogP contribution in [0, 0.1) is 27.2 Å². The average Bonchev–Trinajstić information content (AvgIpc) is 2.53. The van der Waals surface area contributed by atoms with Gasteiger partial charge in [-0.2, -0.15) is 0 Å². The highest BCUT2D eigenvalue weighted by atomic mass is 16.6. The van der Waals surface area contributed by atoms with Crippen LogP contribution in [0.1, 0.15) is 26.3 Å². The van der Waals surface area contributed by atoms with E-state index in [0.29, 0.717) is 0 Å². The van der Waals surface area contributed by atoms with Crippen LogP contribution >= 0.6 is 0 Å². The van der Waals surface area contributed by atoms with Crippen LogP contribution in [-0.4, -0.2) is 21.7 Å². The van der Waals surface area contributed by atoms with Crippen molar-refractivity contribution in [3.05, 3.63) is 73.3 Å². The summed E-state index contributed by atoms with van der Waals surface area (Å²) in [6.45, 7) is 1.47. The van der Waals surface area contributed by atoms with Crippen molar-refractivity contribution >= 4 is 28.9 Å². The lowest BCUT2D eigenvalue weighted by Gasteiger charge is -2.11. The fourth-order valence-electron chi connectivity index (χ4n) is 2.23. The van der Waals surface area contributed by atoms with E-state index in [2.05, 4.69) is 5.32 Å². The number of carbonyl (C=O) groups excluding carboxylic acids is 2. The molecule has 0 heterocycles. The van der Waals surface area contributed by atoms with Gasteiger partial charge in [-0.05, 0) is 25.1 Å². The minimum Gasteiger partial charge on any atom is -0.545 e. The highest BCUT2D eigenvalue weighted by molar-refractivity contribution is 6.12. The Balaban J connectivity index is 2.41. The van der Waals surface area contributed by atoms with Crippen molar-refractivity contribution < 1.29 is 24.5 Å². The maximum atomic E-state index is 12.3. The first-order valence-corrected chi connectivity index (χ1v) is 6.77. The number of aromatic carboxylic acids is 1. The largest absolute Gasteiger partial charge is 0.545 e. The lowest BCUT2D eigenvalue weighted by molar-refractivity contribution is -0.385. The standard InChI is InChI=1S/C15H11N3O7/c1-8-7-9(5-6-11(8)17(22)23)16-14(19)10-3-2-4-12(18(24)25)13(10)15(20)21/h2-7H,1H3,(H,16,19)(H,20,21)/p-1. The molecule has 10 heteroatoms. The van der Waals surface area contributed by atoms with Gasteiger partial charge in [0.1, 0.15) is 0 Å². The molecule has 0 saturated heterocycles. The number of carbonyl (C=O) groups is 2. The monoisotopic (exact) mass is 344 g/mol. The molecular weight excluding hydrogens is 334 g/mol. The molecule has 0 unspecified atom stereocenters. The van der Waals surface area contributed by atoms with Crippen LogP contribution in [0.4, 0.5) is 17.1 Å². The lowest BCUT2D eigenvalue weighted by Crippen LogP contribution is -2.27. The fourth-order valence-corrected chi connectivity index (χ4v) is 2.23. The second kappa shape index (κ2) is 6.74. The molecule has 128 valence electrons. The highest BCUT2D eigenvalue weighted by Gasteiger charge is 2.23. The topological polar surface area (TPSA) is 156 Å². The summed E-state index contributed by atoms with van der Waals surface area (Å²) < 4.78 is 0. The van der Waals surface area contributed by atoms with E-state index in [1.807, 2.05) is 0 Å². The molecular formula is C15H10N3O7-. The molecule has 1 N–H and O–H groups in total. The molecule has 2 aromatic rings. The van der Waals surface area contributed by atoms with E-state index in [1.54, 1.807) is 0 Å². The molecule has 0 spiro atoms. The molecule has 0 radical (unpaired) electrons. The second-order valence-corrected chi connectivity index (χ2v) is 4.96. The van der Waals surface area contributed by atoms with E-state index in [9.17, 15) is 34.9 Å². The van der Waals surface area contributed by atoms with E-state index in [-0.39, 0.29) is 16.9 Å². The van der Waals surface area contributed by atoms with Gasteiger partial charge >= 0.3 is 0 Å². The maximum absolute atomic E-state index is 12.3. The molecule has 10 nitrogen and oxygen atoms in total. The zero-order chi connectivity index (χ0) is 18.7. The van der Waals surface area contributed by atoms with Crippen molar-refractivity contribution in [2.45, 2.75) is 6.92 Å². The highest BCUT2D eigenvalue weighted by Crippen LogP contribution is 2.25. The van der Waals surface area contributed by atoms with Crippen LogP contribution in [0.2, 0.25) is 0 Å². The van der Waals surface area contributed by atoms with Gasteiger partial charge in [-0.15, -0.1) is 0 Å². The minimum absolute atomic E-state index is 0.149. The molecule has 25 heavy (non-hydrogen) atoms. The molecule has 0 saturated carbocycles.